The molecular formula is C22H33N8O6S+. The van der Waals surface area contributed by atoms with Crippen LogP contribution in [0, 0.1) is 11.8 Å². The largest absolute Gasteiger partial charge is 0.480 e. The molecule has 1 amide bonds. The number of hydrogen-bond acceptors (Lipinski definition) is 11. The summed E-state index contributed by atoms with van der Waals surface area (Å²) in [7, 11) is -0.511. The normalized spacial score (nSPS) is 22.8. The summed E-state index contributed by atoms with van der Waals surface area (Å²) in [5.41, 5.74) is 17.6. The molecule has 1 fully saturated rings. The Morgan fingerprint density at radius 2 is 2.03 bits per heavy atom. The van der Waals surface area contributed by atoms with Gasteiger partial charge in [0.1, 0.15) is 47.7 Å². The lowest BCUT2D eigenvalue weighted by atomic mass is 10.1. The van der Waals surface area contributed by atoms with E-state index in [1.54, 1.807) is 0 Å². The first kappa shape index (κ1) is 28.6. The number of carboxylic acids is 1. The summed E-state index contributed by atoms with van der Waals surface area (Å²) in [5, 5.41) is 33.3. The van der Waals surface area contributed by atoms with Crippen LogP contribution in [-0.2, 0) is 25.2 Å². The van der Waals surface area contributed by atoms with E-state index in [9.17, 15) is 19.8 Å². The zero-order valence-electron chi connectivity index (χ0n) is 20.2. The number of hydrogen-bond donors (Lipinski definition) is 7. The summed E-state index contributed by atoms with van der Waals surface area (Å²) in [6, 6.07) is -1.03. The van der Waals surface area contributed by atoms with Crippen LogP contribution in [0.15, 0.2) is 12.7 Å². The Labute approximate surface area is 216 Å². The number of ether oxygens (including phenoxy) is 1. The van der Waals surface area contributed by atoms with Crippen molar-refractivity contribution in [3.63, 3.8) is 0 Å². The highest BCUT2D eigenvalue weighted by atomic mass is 32.2. The maximum absolute atomic E-state index is 11.7. The summed E-state index contributed by atoms with van der Waals surface area (Å²) < 4.78 is 7.52. The third kappa shape index (κ3) is 7.51. The zero-order valence-corrected chi connectivity index (χ0v) is 21.0. The van der Waals surface area contributed by atoms with Crippen molar-refractivity contribution in [2.24, 2.45) is 11.5 Å². The molecule has 1 saturated heterocycles. The number of carbonyl (C=O) groups excluding carboxylic acids is 1. The number of aliphatic carboxylic acids is 1. The molecule has 3 heterocycles. The molecule has 0 bridgehead atoms. The van der Waals surface area contributed by atoms with E-state index in [-0.39, 0.29) is 24.7 Å². The van der Waals surface area contributed by atoms with Gasteiger partial charge in [0.25, 0.3) is 0 Å². The highest BCUT2D eigenvalue weighted by Gasteiger charge is 2.47. The maximum atomic E-state index is 11.7. The van der Waals surface area contributed by atoms with Crippen LogP contribution in [0.1, 0.15) is 25.5 Å². The highest BCUT2D eigenvalue weighted by molar-refractivity contribution is 7.97. The average Bonchev–Trinajstić information content (AvgIpc) is 3.42. The molecular weight excluding hydrogens is 504 g/mol. The minimum Gasteiger partial charge on any atom is -0.480 e. The van der Waals surface area contributed by atoms with Crippen molar-refractivity contribution in [1.82, 2.24) is 24.8 Å². The summed E-state index contributed by atoms with van der Waals surface area (Å²) in [6.45, 7) is 0.612. The topological polar surface area (TPSA) is 238 Å². The van der Waals surface area contributed by atoms with Gasteiger partial charge >= 0.3 is 5.97 Å². The van der Waals surface area contributed by atoms with E-state index in [4.69, 9.17) is 27.0 Å². The number of amides is 1. The van der Waals surface area contributed by atoms with Gasteiger partial charge < -0.3 is 42.6 Å². The molecule has 3 rings (SSSR count). The van der Waals surface area contributed by atoms with Crippen LogP contribution >= 0.6 is 0 Å². The van der Waals surface area contributed by atoms with Crippen LogP contribution < -0.4 is 22.5 Å². The second-order valence-electron chi connectivity index (χ2n) is 8.51. The molecule has 0 aromatic carbocycles. The van der Waals surface area contributed by atoms with Gasteiger partial charge in [0.15, 0.2) is 23.4 Å². The Hall–Kier alpha value is -3.00. The Morgan fingerprint density at radius 1 is 1.24 bits per heavy atom. The van der Waals surface area contributed by atoms with Crippen molar-refractivity contribution >= 4 is 39.8 Å². The van der Waals surface area contributed by atoms with Gasteiger partial charge in [-0.15, -0.1) is 0 Å². The van der Waals surface area contributed by atoms with Crippen LogP contribution in [-0.4, -0.2) is 101 Å². The number of carboxylic acid groups (broad SMARTS) is 1. The van der Waals surface area contributed by atoms with Crippen LogP contribution in [0.25, 0.3) is 11.2 Å². The quantitative estimate of drug-likeness (QED) is 0.108. The number of anilines is 1. The monoisotopic (exact) mass is 537 g/mol. The van der Waals surface area contributed by atoms with Gasteiger partial charge in [-0.1, -0.05) is 5.92 Å². The van der Waals surface area contributed by atoms with Crippen molar-refractivity contribution in [2.75, 3.05) is 36.1 Å². The van der Waals surface area contributed by atoms with E-state index >= 15 is 0 Å². The van der Waals surface area contributed by atoms with E-state index in [0.717, 1.165) is 0 Å². The Balaban J connectivity index is 1.66. The highest BCUT2D eigenvalue weighted by Crippen LogP contribution is 2.33. The van der Waals surface area contributed by atoms with Gasteiger partial charge in [0.2, 0.25) is 5.91 Å². The lowest BCUT2D eigenvalue weighted by Crippen LogP contribution is -2.38. The molecule has 37 heavy (non-hydrogen) atoms. The van der Waals surface area contributed by atoms with Gasteiger partial charge in [0.05, 0.1) is 12.9 Å². The number of nitrogen functional groups attached to an aromatic ring is 1. The van der Waals surface area contributed by atoms with Crippen molar-refractivity contribution in [3.05, 3.63) is 12.7 Å². The lowest BCUT2D eigenvalue weighted by molar-refractivity contribution is -0.138. The first-order valence-electron chi connectivity index (χ1n) is 11.7. The number of rotatable bonds is 12. The SMILES string of the molecule is NCCCC(=O)NCC#CC[S+](CC[C@H](N)C(=O)O)C[C@H]1O[C@@H](n2cnc3c(N)ncnc32)[C@@H](O)C1O. The number of nitrogens with two attached hydrogens (primary N) is 3. The molecule has 2 unspecified atom stereocenters. The maximum Gasteiger partial charge on any atom is 0.320 e. The van der Waals surface area contributed by atoms with Crippen molar-refractivity contribution < 1.29 is 29.6 Å². The number of aliphatic hydroxyl groups excluding tert-OH is 2. The Kier molecular flexibility index (Phi) is 10.4. The second kappa shape index (κ2) is 13.5. The van der Waals surface area contributed by atoms with Gasteiger partial charge in [-0.3, -0.25) is 14.2 Å². The molecule has 14 nitrogen and oxygen atoms in total. The molecule has 2 aromatic heterocycles. The predicted octanol–water partition coefficient (Wildman–Crippen LogP) is -2.69. The number of fused-ring (bicyclic) bond motifs is 1. The number of carbonyl (C=O) groups is 2. The molecule has 6 atom stereocenters. The number of nitrogens with one attached hydrogen (secondary N) is 1. The van der Waals surface area contributed by atoms with E-state index < -0.39 is 47.4 Å². The van der Waals surface area contributed by atoms with E-state index in [2.05, 4.69) is 32.1 Å². The summed E-state index contributed by atoms with van der Waals surface area (Å²) in [4.78, 5) is 35.1. The first-order chi connectivity index (χ1) is 17.7. The fraction of sp³-hybridized carbons (Fsp3) is 0.591. The van der Waals surface area contributed by atoms with E-state index in [0.29, 0.717) is 47.8 Å². The molecule has 0 aliphatic carbocycles. The minimum atomic E-state index is -1.26. The Bertz CT molecular complexity index is 1140. The molecule has 1 aliphatic heterocycles. The number of aliphatic hydroxyl groups is 2. The van der Waals surface area contributed by atoms with Gasteiger partial charge in [0, 0.05) is 23.7 Å². The smallest absolute Gasteiger partial charge is 0.320 e. The first-order valence-corrected chi connectivity index (χ1v) is 13.5. The molecule has 0 spiro atoms. The number of imidazole rings is 1. The molecule has 2 aromatic rings. The van der Waals surface area contributed by atoms with E-state index in [1.807, 2.05) is 0 Å². The summed E-state index contributed by atoms with van der Waals surface area (Å²) >= 11 is 0. The number of nitrogens with zero attached hydrogens (tertiary/aromatic N) is 4. The summed E-state index contributed by atoms with van der Waals surface area (Å²) in [6.07, 6.45) is -0.350. The fourth-order valence-corrected chi connectivity index (χ4v) is 5.79. The average molecular weight is 538 g/mol. The molecule has 0 saturated carbocycles. The fourth-order valence-electron chi connectivity index (χ4n) is 3.73. The Morgan fingerprint density at radius 3 is 2.76 bits per heavy atom. The van der Waals surface area contributed by atoms with E-state index in [1.165, 1.54) is 17.2 Å². The molecule has 1 aliphatic rings. The molecule has 15 heteroatoms. The number of aromatic nitrogens is 4. The third-order valence-corrected chi connectivity index (χ3v) is 7.98. The predicted molar refractivity (Wildman–Crippen MR) is 137 cm³/mol. The molecule has 202 valence electrons. The van der Waals surface area contributed by atoms with Crippen LogP contribution in [0.3, 0.4) is 0 Å². The van der Waals surface area contributed by atoms with Gasteiger partial charge in [-0.2, -0.15) is 0 Å². The summed E-state index contributed by atoms with van der Waals surface area (Å²) in [5.74, 6) is 5.99. The van der Waals surface area contributed by atoms with Crippen molar-refractivity contribution in [1.29, 1.82) is 0 Å². The molecule has 0 radical (unpaired) electrons. The van der Waals surface area contributed by atoms with Crippen LogP contribution in [0.2, 0.25) is 0 Å². The van der Waals surface area contributed by atoms with Crippen LogP contribution in [0.5, 0.6) is 0 Å². The van der Waals surface area contributed by atoms with Crippen LogP contribution in [0.4, 0.5) is 5.82 Å². The van der Waals surface area contributed by atoms with Gasteiger partial charge in [-0.25, -0.2) is 15.0 Å². The lowest BCUT2D eigenvalue weighted by Gasteiger charge is -2.16. The second-order valence-corrected chi connectivity index (χ2v) is 10.8. The zero-order chi connectivity index (χ0) is 26.9. The van der Waals surface area contributed by atoms with Crippen molar-refractivity contribution in [2.45, 2.75) is 49.8 Å². The standard InChI is InChI=1S/C22H32N8O6S/c23-6-3-4-15(31)26-7-1-2-8-37(9-5-13(24)22(34)35)10-14-17(32)18(33)21(36-14)30-12-29-16-19(25)27-11-28-20(16)30/h11-14,17-18,21,32-33H,3-10,23-24H2,(H3-,25,26,27,28,31,34,35)/p+1/t13-,14+,17?,18-,21+,37?/m0/s1. The molecule has 10 N–H and O–H groups in total. The van der Waals surface area contributed by atoms with Crippen molar-refractivity contribution in [3.8, 4) is 11.8 Å². The third-order valence-electron chi connectivity index (χ3n) is 5.82. The van der Waals surface area contributed by atoms with Gasteiger partial charge in [-0.05, 0) is 18.9 Å². The minimum absolute atomic E-state index is 0.132.